The standard InChI is InChI=1S/C18H29N3O/c1-3-9-21-14(2)13-19-17(21)12-15-7-10-20(11-8-15)18(22)16-5-4-6-16/h13,15-16H,3-12H2,1-2H3. The molecule has 2 heterocycles. The molecule has 0 N–H and O–H groups in total. The van der Waals surface area contributed by atoms with Gasteiger partial charge in [0.25, 0.3) is 0 Å². The van der Waals surface area contributed by atoms with Crippen LogP contribution in [0.2, 0.25) is 0 Å². The summed E-state index contributed by atoms with van der Waals surface area (Å²) in [6.07, 6.45) is 9.97. The number of amides is 1. The highest BCUT2D eigenvalue weighted by molar-refractivity contribution is 5.79. The highest BCUT2D eigenvalue weighted by Gasteiger charge is 2.31. The molecule has 4 nitrogen and oxygen atoms in total. The van der Waals surface area contributed by atoms with Crippen LogP contribution in [0.15, 0.2) is 6.20 Å². The van der Waals surface area contributed by atoms with E-state index in [0.717, 1.165) is 58.2 Å². The van der Waals surface area contributed by atoms with Gasteiger partial charge in [0, 0.05) is 43.9 Å². The van der Waals surface area contributed by atoms with Crippen LogP contribution < -0.4 is 0 Å². The third-order valence-corrected chi connectivity index (χ3v) is 5.44. The normalized spacial score (nSPS) is 20.2. The minimum absolute atomic E-state index is 0.350. The van der Waals surface area contributed by atoms with E-state index in [1.165, 1.54) is 17.9 Å². The number of aryl methyl sites for hydroxylation is 1. The van der Waals surface area contributed by atoms with Gasteiger partial charge in [0.15, 0.2) is 0 Å². The Morgan fingerprint density at radius 2 is 2.00 bits per heavy atom. The van der Waals surface area contributed by atoms with Crippen molar-refractivity contribution in [2.45, 2.75) is 65.3 Å². The van der Waals surface area contributed by atoms with Gasteiger partial charge in [0.2, 0.25) is 5.91 Å². The number of carbonyl (C=O) groups excluding carboxylic acids is 1. The van der Waals surface area contributed by atoms with Crippen LogP contribution in [0.3, 0.4) is 0 Å². The summed E-state index contributed by atoms with van der Waals surface area (Å²) in [5.41, 5.74) is 1.27. The van der Waals surface area contributed by atoms with Crippen LogP contribution in [0.25, 0.3) is 0 Å². The highest BCUT2D eigenvalue weighted by atomic mass is 16.2. The van der Waals surface area contributed by atoms with E-state index < -0.39 is 0 Å². The third-order valence-electron chi connectivity index (χ3n) is 5.44. The summed E-state index contributed by atoms with van der Waals surface area (Å²) in [6, 6.07) is 0. The predicted octanol–water partition coefficient (Wildman–Crippen LogP) is 3.18. The molecule has 2 fully saturated rings. The van der Waals surface area contributed by atoms with E-state index in [9.17, 15) is 4.79 Å². The molecule has 22 heavy (non-hydrogen) atoms. The first-order valence-corrected chi connectivity index (χ1v) is 8.98. The van der Waals surface area contributed by atoms with E-state index in [0.29, 0.717) is 17.7 Å². The van der Waals surface area contributed by atoms with Crippen molar-refractivity contribution >= 4 is 5.91 Å². The van der Waals surface area contributed by atoms with Crippen molar-refractivity contribution in [2.75, 3.05) is 13.1 Å². The Morgan fingerprint density at radius 1 is 1.27 bits per heavy atom. The Morgan fingerprint density at radius 3 is 2.59 bits per heavy atom. The lowest BCUT2D eigenvalue weighted by atomic mass is 9.83. The van der Waals surface area contributed by atoms with E-state index in [-0.39, 0.29) is 0 Å². The van der Waals surface area contributed by atoms with E-state index >= 15 is 0 Å². The van der Waals surface area contributed by atoms with Gasteiger partial charge < -0.3 is 9.47 Å². The van der Waals surface area contributed by atoms with E-state index in [1.54, 1.807) is 0 Å². The van der Waals surface area contributed by atoms with Crippen LogP contribution in [0.1, 0.15) is 57.0 Å². The first-order valence-electron chi connectivity index (χ1n) is 8.98. The maximum atomic E-state index is 12.3. The molecule has 1 saturated carbocycles. The first-order chi connectivity index (χ1) is 10.7. The summed E-state index contributed by atoms with van der Waals surface area (Å²) in [5.74, 6) is 2.70. The molecule has 1 aliphatic carbocycles. The summed E-state index contributed by atoms with van der Waals surface area (Å²) in [5, 5.41) is 0. The molecule has 3 rings (SSSR count). The van der Waals surface area contributed by atoms with Crippen molar-refractivity contribution in [2.24, 2.45) is 11.8 Å². The van der Waals surface area contributed by atoms with Crippen LogP contribution >= 0.6 is 0 Å². The zero-order valence-corrected chi connectivity index (χ0v) is 14.1. The van der Waals surface area contributed by atoms with Crippen LogP contribution in [-0.4, -0.2) is 33.4 Å². The lowest BCUT2D eigenvalue weighted by Gasteiger charge is -2.36. The van der Waals surface area contributed by atoms with Crippen molar-refractivity contribution < 1.29 is 4.79 Å². The van der Waals surface area contributed by atoms with Gasteiger partial charge in [-0.3, -0.25) is 4.79 Å². The van der Waals surface area contributed by atoms with Gasteiger partial charge in [0.1, 0.15) is 5.82 Å². The fraction of sp³-hybridized carbons (Fsp3) is 0.778. The minimum atomic E-state index is 0.350. The molecule has 1 aromatic rings. The number of aromatic nitrogens is 2. The fourth-order valence-electron chi connectivity index (χ4n) is 3.73. The number of hydrogen-bond acceptors (Lipinski definition) is 2. The van der Waals surface area contributed by atoms with Gasteiger partial charge in [0.05, 0.1) is 0 Å². The third kappa shape index (κ3) is 3.21. The molecule has 122 valence electrons. The Labute approximate surface area is 133 Å². The summed E-state index contributed by atoms with van der Waals surface area (Å²) in [7, 11) is 0. The number of hydrogen-bond donors (Lipinski definition) is 0. The van der Waals surface area contributed by atoms with Gasteiger partial charge in [-0.15, -0.1) is 0 Å². The topological polar surface area (TPSA) is 38.1 Å². The second-order valence-electron chi connectivity index (χ2n) is 7.07. The molecule has 1 aliphatic heterocycles. The average molecular weight is 303 g/mol. The number of imidazole rings is 1. The Balaban J connectivity index is 1.52. The van der Waals surface area contributed by atoms with Gasteiger partial charge in [-0.05, 0) is 44.9 Å². The monoisotopic (exact) mass is 303 g/mol. The summed E-state index contributed by atoms with van der Waals surface area (Å²) in [4.78, 5) is 19.0. The fourth-order valence-corrected chi connectivity index (χ4v) is 3.73. The molecule has 0 spiro atoms. The molecule has 1 saturated heterocycles. The van der Waals surface area contributed by atoms with Crippen molar-refractivity contribution in [3.63, 3.8) is 0 Å². The van der Waals surface area contributed by atoms with Crippen molar-refractivity contribution in [3.05, 3.63) is 17.7 Å². The molecular weight excluding hydrogens is 274 g/mol. The number of rotatable bonds is 5. The molecule has 0 aromatic carbocycles. The zero-order valence-electron chi connectivity index (χ0n) is 14.1. The molecule has 0 radical (unpaired) electrons. The van der Waals surface area contributed by atoms with Gasteiger partial charge >= 0.3 is 0 Å². The van der Waals surface area contributed by atoms with Crippen LogP contribution in [0, 0.1) is 18.8 Å². The Bertz CT molecular complexity index is 510. The van der Waals surface area contributed by atoms with E-state index in [1.807, 2.05) is 6.20 Å². The van der Waals surface area contributed by atoms with Gasteiger partial charge in [-0.25, -0.2) is 4.98 Å². The van der Waals surface area contributed by atoms with Crippen LogP contribution in [-0.2, 0) is 17.8 Å². The molecule has 2 aliphatic rings. The lowest BCUT2D eigenvalue weighted by Crippen LogP contribution is -2.43. The van der Waals surface area contributed by atoms with Crippen molar-refractivity contribution in [3.8, 4) is 0 Å². The van der Waals surface area contributed by atoms with E-state index in [4.69, 9.17) is 0 Å². The average Bonchev–Trinajstić information content (AvgIpc) is 2.80. The maximum Gasteiger partial charge on any atom is 0.225 e. The van der Waals surface area contributed by atoms with Crippen LogP contribution in [0.5, 0.6) is 0 Å². The number of piperidine rings is 1. The minimum Gasteiger partial charge on any atom is -0.342 e. The number of nitrogens with zero attached hydrogens (tertiary/aromatic N) is 3. The lowest BCUT2D eigenvalue weighted by molar-refractivity contribution is -0.139. The molecule has 0 atom stereocenters. The molecule has 1 aromatic heterocycles. The predicted molar refractivity (Wildman–Crippen MR) is 87.6 cm³/mol. The first kappa shape index (κ1) is 15.6. The molecular formula is C18H29N3O. The zero-order chi connectivity index (χ0) is 15.5. The summed E-state index contributed by atoms with van der Waals surface area (Å²) < 4.78 is 2.37. The van der Waals surface area contributed by atoms with E-state index in [2.05, 4.69) is 28.3 Å². The highest BCUT2D eigenvalue weighted by Crippen LogP contribution is 2.30. The Hall–Kier alpha value is -1.32. The molecule has 4 heteroatoms. The van der Waals surface area contributed by atoms with Crippen molar-refractivity contribution in [1.82, 2.24) is 14.5 Å². The smallest absolute Gasteiger partial charge is 0.225 e. The summed E-state index contributed by atoms with van der Waals surface area (Å²) in [6.45, 7) is 7.33. The molecule has 1 amide bonds. The summed E-state index contributed by atoms with van der Waals surface area (Å²) >= 11 is 0. The number of likely N-dealkylation sites (tertiary alicyclic amines) is 1. The second kappa shape index (κ2) is 6.84. The van der Waals surface area contributed by atoms with Crippen LogP contribution in [0.4, 0.5) is 0 Å². The second-order valence-corrected chi connectivity index (χ2v) is 7.07. The van der Waals surface area contributed by atoms with Gasteiger partial charge in [-0.2, -0.15) is 0 Å². The van der Waals surface area contributed by atoms with Crippen molar-refractivity contribution in [1.29, 1.82) is 0 Å². The maximum absolute atomic E-state index is 12.3. The number of carbonyl (C=O) groups is 1. The SMILES string of the molecule is CCCn1c(C)cnc1CC1CCN(C(=O)C2CCC2)CC1. The molecule has 0 bridgehead atoms. The quantitative estimate of drug-likeness (QED) is 0.838. The van der Waals surface area contributed by atoms with Gasteiger partial charge in [-0.1, -0.05) is 13.3 Å². The molecule has 0 unspecified atom stereocenters. The largest absolute Gasteiger partial charge is 0.342 e. The Kier molecular flexibility index (Phi) is 4.84.